The van der Waals surface area contributed by atoms with Crippen molar-refractivity contribution in [1.82, 2.24) is 5.32 Å². The Bertz CT molecular complexity index is 391. The van der Waals surface area contributed by atoms with E-state index in [-0.39, 0.29) is 11.4 Å². The van der Waals surface area contributed by atoms with Gasteiger partial charge >= 0.3 is 0 Å². The Labute approximate surface area is 107 Å². The standard InChI is InChI=1S/C14H20FNO2/c1-14(6-3-7-18-10-14)16-9-13(17)11-4-2-5-12(15)8-11/h2,4-5,8,13,16-17H,3,6-7,9-10H2,1H3. The van der Waals surface area contributed by atoms with Gasteiger partial charge in [0, 0.05) is 18.7 Å². The normalized spacial score (nSPS) is 25.9. The molecule has 0 spiro atoms. The zero-order valence-electron chi connectivity index (χ0n) is 10.7. The van der Waals surface area contributed by atoms with Crippen LogP contribution in [0.25, 0.3) is 0 Å². The molecule has 2 unspecified atom stereocenters. The molecule has 1 heterocycles. The summed E-state index contributed by atoms with van der Waals surface area (Å²) in [7, 11) is 0. The van der Waals surface area contributed by atoms with Gasteiger partial charge in [0.2, 0.25) is 0 Å². The number of aliphatic hydroxyl groups is 1. The summed E-state index contributed by atoms with van der Waals surface area (Å²) in [5.41, 5.74) is 0.509. The molecule has 0 aliphatic carbocycles. The molecule has 1 aliphatic rings. The molecule has 1 fully saturated rings. The number of nitrogens with one attached hydrogen (secondary N) is 1. The van der Waals surface area contributed by atoms with Crippen LogP contribution in [0.2, 0.25) is 0 Å². The number of halogens is 1. The number of rotatable bonds is 4. The van der Waals surface area contributed by atoms with Crippen LogP contribution in [0.15, 0.2) is 24.3 Å². The largest absolute Gasteiger partial charge is 0.387 e. The zero-order valence-corrected chi connectivity index (χ0v) is 10.7. The molecule has 0 bridgehead atoms. The molecule has 100 valence electrons. The van der Waals surface area contributed by atoms with Crippen LogP contribution < -0.4 is 5.32 Å². The van der Waals surface area contributed by atoms with Gasteiger partial charge in [-0.15, -0.1) is 0 Å². The Balaban J connectivity index is 1.89. The summed E-state index contributed by atoms with van der Waals surface area (Å²) in [6.07, 6.45) is 1.36. The second-order valence-electron chi connectivity index (χ2n) is 5.17. The van der Waals surface area contributed by atoms with Crippen molar-refractivity contribution in [1.29, 1.82) is 0 Å². The summed E-state index contributed by atoms with van der Waals surface area (Å²) in [5, 5.41) is 13.3. The molecule has 2 rings (SSSR count). The van der Waals surface area contributed by atoms with Crippen LogP contribution in [0.4, 0.5) is 4.39 Å². The fourth-order valence-corrected chi connectivity index (χ4v) is 2.25. The van der Waals surface area contributed by atoms with E-state index in [4.69, 9.17) is 4.74 Å². The quantitative estimate of drug-likeness (QED) is 0.862. The minimum absolute atomic E-state index is 0.0907. The summed E-state index contributed by atoms with van der Waals surface area (Å²) in [6.45, 7) is 3.96. The van der Waals surface area contributed by atoms with E-state index in [0.717, 1.165) is 19.4 Å². The zero-order chi connectivity index (χ0) is 13.0. The molecule has 1 aromatic carbocycles. The molecule has 0 amide bonds. The molecule has 2 N–H and O–H groups in total. The Morgan fingerprint density at radius 1 is 1.56 bits per heavy atom. The first-order valence-electron chi connectivity index (χ1n) is 6.35. The Hall–Kier alpha value is -0.970. The van der Waals surface area contributed by atoms with Gasteiger partial charge in [-0.05, 0) is 37.5 Å². The Kier molecular flexibility index (Phi) is 4.32. The number of hydrogen-bond donors (Lipinski definition) is 2. The van der Waals surface area contributed by atoms with Gasteiger partial charge in [0.15, 0.2) is 0 Å². The third-order valence-electron chi connectivity index (χ3n) is 3.39. The van der Waals surface area contributed by atoms with E-state index in [1.165, 1.54) is 12.1 Å². The van der Waals surface area contributed by atoms with Crippen LogP contribution in [0.5, 0.6) is 0 Å². The van der Waals surface area contributed by atoms with Crippen LogP contribution in [-0.2, 0) is 4.74 Å². The smallest absolute Gasteiger partial charge is 0.123 e. The predicted octanol–water partition coefficient (Wildman–Crippen LogP) is 2.02. The van der Waals surface area contributed by atoms with E-state index in [1.807, 2.05) is 0 Å². The molecular weight excluding hydrogens is 233 g/mol. The lowest BCUT2D eigenvalue weighted by Crippen LogP contribution is -2.50. The van der Waals surface area contributed by atoms with Gasteiger partial charge in [-0.1, -0.05) is 12.1 Å². The molecule has 0 radical (unpaired) electrons. The average Bonchev–Trinajstić information content (AvgIpc) is 2.37. The highest BCUT2D eigenvalue weighted by Crippen LogP contribution is 2.20. The van der Waals surface area contributed by atoms with E-state index < -0.39 is 6.10 Å². The number of benzene rings is 1. The monoisotopic (exact) mass is 253 g/mol. The van der Waals surface area contributed by atoms with Gasteiger partial charge in [-0.25, -0.2) is 4.39 Å². The molecule has 0 saturated carbocycles. The van der Waals surface area contributed by atoms with Gasteiger partial charge in [0.25, 0.3) is 0 Å². The van der Waals surface area contributed by atoms with Crippen molar-refractivity contribution in [3.05, 3.63) is 35.6 Å². The second-order valence-corrected chi connectivity index (χ2v) is 5.17. The highest BCUT2D eigenvalue weighted by atomic mass is 19.1. The van der Waals surface area contributed by atoms with E-state index in [0.29, 0.717) is 18.7 Å². The van der Waals surface area contributed by atoms with Crippen LogP contribution in [-0.4, -0.2) is 30.4 Å². The van der Waals surface area contributed by atoms with Crippen molar-refractivity contribution >= 4 is 0 Å². The maximum absolute atomic E-state index is 13.0. The average molecular weight is 253 g/mol. The van der Waals surface area contributed by atoms with Gasteiger partial charge in [-0.3, -0.25) is 0 Å². The summed E-state index contributed by atoms with van der Waals surface area (Å²) in [6, 6.07) is 6.08. The maximum atomic E-state index is 13.0. The van der Waals surface area contributed by atoms with Crippen molar-refractivity contribution in [2.75, 3.05) is 19.8 Å². The van der Waals surface area contributed by atoms with E-state index in [9.17, 15) is 9.50 Å². The van der Waals surface area contributed by atoms with Gasteiger partial charge < -0.3 is 15.2 Å². The summed E-state index contributed by atoms with van der Waals surface area (Å²) >= 11 is 0. The van der Waals surface area contributed by atoms with Crippen molar-refractivity contribution in [3.8, 4) is 0 Å². The van der Waals surface area contributed by atoms with E-state index >= 15 is 0 Å². The molecule has 4 heteroatoms. The van der Waals surface area contributed by atoms with Crippen LogP contribution in [0.1, 0.15) is 31.4 Å². The van der Waals surface area contributed by atoms with E-state index in [1.54, 1.807) is 12.1 Å². The third-order valence-corrected chi connectivity index (χ3v) is 3.39. The summed E-state index contributed by atoms with van der Waals surface area (Å²) in [5.74, 6) is -0.321. The minimum atomic E-state index is -0.695. The molecule has 1 saturated heterocycles. The van der Waals surface area contributed by atoms with Gasteiger partial charge in [0.05, 0.1) is 12.7 Å². The van der Waals surface area contributed by atoms with Gasteiger partial charge in [-0.2, -0.15) is 0 Å². The van der Waals surface area contributed by atoms with E-state index in [2.05, 4.69) is 12.2 Å². The second kappa shape index (κ2) is 5.78. The molecular formula is C14H20FNO2. The first-order chi connectivity index (χ1) is 8.59. The fourth-order valence-electron chi connectivity index (χ4n) is 2.25. The van der Waals surface area contributed by atoms with Crippen LogP contribution in [0, 0.1) is 5.82 Å². The van der Waals surface area contributed by atoms with Gasteiger partial charge in [0.1, 0.15) is 5.82 Å². The first-order valence-corrected chi connectivity index (χ1v) is 6.35. The number of aliphatic hydroxyl groups excluding tert-OH is 1. The predicted molar refractivity (Wildman–Crippen MR) is 67.8 cm³/mol. The molecule has 0 aromatic heterocycles. The number of ether oxygens (including phenoxy) is 1. The molecule has 18 heavy (non-hydrogen) atoms. The number of hydrogen-bond acceptors (Lipinski definition) is 3. The summed E-state index contributed by atoms with van der Waals surface area (Å²) < 4.78 is 18.5. The molecule has 1 aromatic rings. The highest BCUT2D eigenvalue weighted by molar-refractivity contribution is 5.19. The summed E-state index contributed by atoms with van der Waals surface area (Å²) in [4.78, 5) is 0. The lowest BCUT2D eigenvalue weighted by Gasteiger charge is -2.35. The van der Waals surface area contributed by atoms with Crippen molar-refractivity contribution in [2.24, 2.45) is 0 Å². The van der Waals surface area contributed by atoms with Crippen LogP contribution >= 0.6 is 0 Å². The Morgan fingerprint density at radius 2 is 2.39 bits per heavy atom. The topological polar surface area (TPSA) is 41.5 Å². The van der Waals surface area contributed by atoms with Crippen molar-refractivity contribution in [3.63, 3.8) is 0 Å². The fraction of sp³-hybridized carbons (Fsp3) is 0.571. The lowest BCUT2D eigenvalue weighted by molar-refractivity contribution is 0.0221. The van der Waals surface area contributed by atoms with Crippen LogP contribution in [0.3, 0.4) is 0 Å². The maximum Gasteiger partial charge on any atom is 0.123 e. The van der Waals surface area contributed by atoms with Crippen molar-refractivity contribution < 1.29 is 14.2 Å². The molecule has 2 atom stereocenters. The lowest BCUT2D eigenvalue weighted by atomic mass is 9.94. The highest BCUT2D eigenvalue weighted by Gasteiger charge is 2.27. The minimum Gasteiger partial charge on any atom is -0.387 e. The third kappa shape index (κ3) is 3.51. The number of β-amino-alcohol motifs (C(OH)–C–C–N with tert-alkyl or cyclic N) is 1. The first kappa shape index (κ1) is 13.5. The molecule has 3 nitrogen and oxygen atoms in total. The van der Waals surface area contributed by atoms with Crippen molar-refractivity contribution in [2.45, 2.75) is 31.4 Å². The Morgan fingerprint density at radius 3 is 3.06 bits per heavy atom. The molecule has 1 aliphatic heterocycles. The SMILES string of the molecule is CC1(NCC(O)c2cccc(F)c2)CCCOC1.